The first-order valence-electron chi connectivity index (χ1n) is 5.62. The molecule has 0 radical (unpaired) electrons. The highest BCUT2D eigenvalue weighted by Gasteiger charge is 2.23. The van der Waals surface area contributed by atoms with Crippen molar-refractivity contribution in [2.75, 3.05) is 6.54 Å². The fourth-order valence-electron chi connectivity index (χ4n) is 1.95. The SMILES string of the molecule is Brc1cnc(-c2noc([C@@H]3CCCN3)n2)c(Br)c1. The number of hydrogen-bond donors (Lipinski definition) is 1. The molecule has 0 aliphatic carbocycles. The molecule has 0 saturated carbocycles. The van der Waals surface area contributed by atoms with Gasteiger partial charge in [0, 0.05) is 15.1 Å². The zero-order chi connectivity index (χ0) is 12.5. The summed E-state index contributed by atoms with van der Waals surface area (Å²) in [5.41, 5.74) is 0.686. The average Bonchev–Trinajstić information content (AvgIpc) is 2.99. The van der Waals surface area contributed by atoms with Gasteiger partial charge in [-0.1, -0.05) is 5.16 Å². The lowest BCUT2D eigenvalue weighted by molar-refractivity contribution is 0.345. The Labute approximate surface area is 121 Å². The van der Waals surface area contributed by atoms with Crippen LogP contribution in [0.5, 0.6) is 0 Å². The summed E-state index contributed by atoms with van der Waals surface area (Å²) in [6.45, 7) is 1.00. The predicted molar refractivity (Wildman–Crippen MR) is 72.9 cm³/mol. The third-order valence-corrected chi connectivity index (χ3v) is 3.86. The molecule has 0 spiro atoms. The van der Waals surface area contributed by atoms with Crippen molar-refractivity contribution in [2.24, 2.45) is 0 Å². The monoisotopic (exact) mass is 372 g/mol. The number of rotatable bonds is 2. The quantitative estimate of drug-likeness (QED) is 0.876. The van der Waals surface area contributed by atoms with E-state index < -0.39 is 0 Å². The number of halogens is 2. The minimum Gasteiger partial charge on any atom is -0.337 e. The second kappa shape index (κ2) is 5.07. The van der Waals surface area contributed by atoms with Crippen molar-refractivity contribution in [2.45, 2.75) is 18.9 Å². The molecular formula is C11H10Br2N4O. The Balaban J connectivity index is 1.92. The van der Waals surface area contributed by atoms with E-state index in [1.54, 1.807) is 6.20 Å². The van der Waals surface area contributed by atoms with Gasteiger partial charge in [0.05, 0.1) is 6.04 Å². The molecule has 1 fully saturated rings. The van der Waals surface area contributed by atoms with E-state index in [1.807, 2.05) is 6.07 Å². The third-order valence-electron chi connectivity index (χ3n) is 2.82. The Bertz CT molecular complexity index is 566. The highest BCUT2D eigenvalue weighted by atomic mass is 79.9. The van der Waals surface area contributed by atoms with Crippen LogP contribution < -0.4 is 5.32 Å². The van der Waals surface area contributed by atoms with Crippen LogP contribution in [0.25, 0.3) is 11.5 Å². The summed E-state index contributed by atoms with van der Waals surface area (Å²) in [7, 11) is 0. The third kappa shape index (κ3) is 2.34. The van der Waals surface area contributed by atoms with Crippen molar-refractivity contribution < 1.29 is 4.52 Å². The Hall–Kier alpha value is -0.790. The molecule has 5 nitrogen and oxygen atoms in total. The van der Waals surface area contributed by atoms with Crippen molar-refractivity contribution in [3.05, 3.63) is 27.1 Å². The smallest absolute Gasteiger partial charge is 0.244 e. The lowest BCUT2D eigenvalue weighted by Crippen LogP contribution is -2.12. The van der Waals surface area contributed by atoms with E-state index in [9.17, 15) is 0 Å². The maximum Gasteiger partial charge on any atom is 0.244 e. The molecule has 0 amide bonds. The van der Waals surface area contributed by atoms with Crippen LogP contribution in [0.2, 0.25) is 0 Å². The van der Waals surface area contributed by atoms with E-state index in [0.29, 0.717) is 17.4 Å². The minimum atomic E-state index is 0.181. The molecule has 7 heteroatoms. The van der Waals surface area contributed by atoms with E-state index in [2.05, 4.69) is 52.3 Å². The van der Waals surface area contributed by atoms with Crippen LogP contribution in [-0.4, -0.2) is 21.7 Å². The minimum absolute atomic E-state index is 0.181. The van der Waals surface area contributed by atoms with Crippen LogP contribution in [0.4, 0.5) is 0 Å². The molecule has 0 aromatic carbocycles. The van der Waals surface area contributed by atoms with Crippen LogP contribution in [0, 0.1) is 0 Å². The molecule has 1 saturated heterocycles. The van der Waals surface area contributed by atoms with Crippen molar-refractivity contribution in [3.8, 4) is 11.5 Å². The van der Waals surface area contributed by atoms with Crippen molar-refractivity contribution >= 4 is 31.9 Å². The highest BCUT2D eigenvalue weighted by Crippen LogP contribution is 2.28. The first-order chi connectivity index (χ1) is 8.74. The first-order valence-corrected chi connectivity index (χ1v) is 7.21. The molecular weight excluding hydrogens is 364 g/mol. The molecule has 0 unspecified atom stereocenters. The Morgan fingerprint density at radius 3 is 3.00 bits per heavy atom. The van der Waals surface area contributed by atoms with E-state index in [1.165, 1.54) is 0 Å². The number of hydrogen-bond acceptors (Lipinski definition) is 5. The highest BCUT2D eigenvalue weighted by molar-refractivity contribution is 9.11. The van der Waals surface area contributed by atoms with E-state index in [0.717, 1.165) is 28.3 Å². The summed E-state index contributed by atoms with van der Waals surface area (Å²) in [4.78, 5) is 8.69. The van der Waals surface area contributed by atoms with Gasteiger partial charge in [0.1, 0.15) is 5.69 Å². The summed E-state index contributed by atoms with van der Waals surface area (Å²) in [6, 6.07) is 2.09. The Morgan fingerprint density at radius 1 is 1.39 bits per heavy atom. The van der Waals surface area contributed by atoms with Gasteiger partial charge in [-0.25, -0.2) is 0 Å². The van der Waals surface area contributed by atoms with Gasteiger partial charge >= 0.3 is 0 Å². The van der Waals surface area contributed by atoms with Gasteiger partial charge in [0.25, 0.3) is 0 Å². The van der Waals surface area contributed by atoms with Crippen LogP contribution in [0.1, 0.15) is 24.8 Å². The lowest BCUT2D eigenvalue weighted by Gasteiger charge is -2.01. The predicted octanol–water partition coefficient (Wildman–Crippen LogP) is 3.08. The van der Waals surface area contributed by atoms with E-state index >= 15 is 0 Å². The molecule has 1 aliphatic rings. The van der Waals surface area contributed by atoms with Gasteiger partial charge in [-0.3, -0.25) is 4.98 Å². The molecule has 0 bridgehead atoms. The second-order valence-electron chi connectivity index (χ2n) is 4.09. The zero-order valence-electron chi connectivity index (χ0n) is 9.36. The Morgan fingerprint density at radius 2 is 2.28 bits per heavy atom. The number of aromatic nitrogens is 3. The Kier molecular flexibility index (Phi) is 3.45. The molecule has 3 heterocycles. The van der Waals surface area contributed by atoms with Crippen molar-refractivity contribution in [1.29, 1.82) is 0 Å². The molecule has 94 valence electrons. The van der Waals surface area contributed by atoms with Gasteiger partial charge < -0.3 is 9.84 Å². The lowest BCUT2D eigenvalue weighted by atomic mass is 10.2. The average molecular weight is 374 g/mol. The van der Waals surface area contributed by atoms with Gasteiger partial charge in [0.2, 0.25) is 11.7 Å². The zero-order valence-corrected chi connectivity index (χ0v) is 12.5. The topological polar surface area (TPSA) is 63.8 Å². The van der Waals surface area contributed by atoms with Crippen LogP contribution in [0.3, 0.4) is 0 Å². The molecule has 2 aromatic rings. The fraction of sp³-hybridized carbons (Fsp3) is 0.364. The molecule has 18 heavy (non-hydrogen) atoms. The van der Waals surface area contributed by atoms with Crippen LogP contribution in [-0.2, 0) is 0 Å². The summed E-state index contributed by atoms with van der Waals surface area (Å²) < 4.78 is 7.03. The fourth-order valence-corrected chi connectivity index (χ4v) is 3.11. The largest absolute Gasteiger partial charge is 0.337 e. The van der Waals surface area contributed by atoms with Gasteiger partial charge in [-0.2, -0.15) is 4.98 Å². The van der Waals surface area contributed by atoms with Crippen molar-refractivity contribution in [1.82, 2.24) is 20.4 Å². The molecule has 1 aliphatic heterocycles. The summed E-state index contributed by atoms with van der Waals surface area (Å²) in [5.74, 6) is 1.15. The van der Waals surface area contributed by atoms with Crippen molar-refractivity contribution in [3.63, 3.8) is 0 Å². The van der Waals surface area contributed by atoms with Crippen LogP contribution >= 0.6 is 31.9 Å². The van der Waals surface area contributed by atoms with E-state index in [4.69, 9.17) is 4.52 Å². The van der Waals surface area contributed by atoms with E-state index in [-0.39, 0.29) is 6.04 Å². The maximum absolute atomic E-state index is 5.29. The molecule has 1 atom stereocenters. The summed E-state index contributed by atoms with van der Waals surface area (Å²) >= 11 is 6.81. The van der Waals surface area contributed by atoms with Crippen LogP contribution in [0.15, 0.2) is 25.7 Å². The second-order valence-corrected chi connectivity index (χ2v) is 5.86. The normalized spacial score (nSPS) is 19.3. The molecule has 3 rings (SSSR count). The molecule has 2 aromatic heterocycles. The van der Waals surface area contributed by atoms with Gasteiger partial charge in [-0.05, 0) is 57.3 Å². The first kappa shape index (κ1) is 12.3. The molecule has 1 N–H and O–H groups in total. The van der Waals surface area contributed by atoms with Gasteiger partial charge in [-0.15, -0.1) is 0 Å². The summed E-state index contributed by atoms with van der Waals surface area (Å²) in [6.07, 6.45) is 3.89. The number of pyridine rings is 1. The maximum atomic E-state index is 5.29. The summed E-state index contributed by atoms with van der Waals surface area (Å²) in [5, 5.41) is 7.31. The van der Waals surface area contributed by atoms with Gasteiger partial charge in [0.15, 0.2) is 0 Å². The number of nitrogens with zero attached hydrogens (tertiary/aromatic N) is 3. The number of nitrogens with one attached hydrogen (secondary N) is 1. The standard InChI is InChI=1S/C11H10Br2N4O/c12-6-4-7(13)9(15-5-6)10-16-11(18-17-10)8-2-1-3-14-8/h4-5,8,14H,1-3H2/t8-/m0/s1.